The first kappa shape index (κ1) is 23.4. The lowest BCUT2D eigenvalue weighted by atomic mass is 10.2. The molecule has 0 unspecified atom stereocenters. The second-order valence-electron chi connectivity index (χ2n) is 6.83. The molecule has 4 nitrogen and oxygen atoms in total. The molecule has 3 rings (SSSR count). The number of sulfone groups is 2. The molecular formula is C21H18F3O4S3+. The summed E-state index contributed by atoms with van der Waals surface area (Å²) in [6.45, 7) is 0. The fourth-order valence-corrected chi connectivity index (χ4v) is 6.55. The van der Waals surface area contributed by atoms with Gasteiger partial charge in [0, 0.05) is 30.7 Å². The predicted molar refractivity (Wildman–Crippen MR) is 113 cm³/mol. The van der Waals surface area contributed by atoms with E-state index in [0.29, 0.717) is 9.79 Å². The van der Waals surface area contributed by atoms with Crippen LogP contribution in [0.5, 0.6) is 0 Å². The van der Waals surface area contributed by atoms with Crippen molar-refractivity contribution < 1.29 is 30.0 Å². The van der Waals surface area contributed by atoms with Crippen LogP contribution >= 0.6 is 0 Å². The van der Waals surface area contributed by atoms with Gasteiger partial charge in [-0.3, -0.25) is 0 Å². The number of alkyl halides is 3. The Morgan fingerprint density at radius 1 is 0.645 bits per heavy atom. The van der Waals surface area contributed by atoms with Crippen LogP contribution in [0.3, 0.4) is 0 Å². The molecule has 0 bridgehead atoms. The summed E-state index contributed by atoms with van der Waals surface area (Å²) in [5.74, 6) is 0. The van der Waals surface area contributed by atoms with Gasteiger partial charge in [0.05, 0.1) is 26.2 Å². The maximum absolute atomic E-state index is 13.3. The van der Waals surface area contributed by atoms with Crippen molar-refractivity contribution >= 4 is 30.6 Å². The lowest BCUT2D eigenvalue weighted by molar-refractivity contribution is -0.137. The quantitative estimate of drug-likeness (QED) is 0.493. The van der Waals surface area contributed by atoms with Crippen LogP contribution in [0.1, 0.15) is 5.56 Å². The van der Waals surface area contributed by atoms with Crippen LogP contribution in [-0.4, -0.2) is 29.3 Å². The van der Waals surface area contributed by atoms with E-state index in [1.807, 2.05) is 0 Å². The first-order valence-corrected chi connectivity index (χ1v) is 13.8. The van der Waals surface area contributed by atoms with E-state index in [1.165, 1.54) is 48.5 Å². The number of rotatable bonds is 5. The Hall–Kier alpha value is -2.30. The highest BCUT2D eigenvalue weighted by Gasteiger charge is 2.35. The Morgan fingerprint density at radius 3 is 1.42 bits per heavy atom. The summed E-state index contributed by atoms with van der Waals surface area (Å²) in [4.78, 5) is 1.23. The molecule has 0 atom stereocenters. The summed E-state index contributed by atoms with van der Waals surface area (Å²) in [5.41, 5.74) is -0.846. The highest BCUT2D eigenvalue weighted by molar-refractivity contribution is 7.97. The van der Waals surface area contributed by atoms with Gasteiger partial charge in [-0.2, -0.15) is 13.2 Å². The molecule has 31 heavy (non-hydrogen) atoms. The number of hydrogen-bond donors (Lipinski definition) is 0. The molecule has 3 aromatic rings. The van der Waals surface area contributed by atoms with Crippen LogP contribution < -0.4 is 0 Å². The van der Waals surface area contributed by atoms with E-state index >= 15 is 0 Å². The Morgan fingerprint density at radius 2 is 1.03 bits per heavy atom. The van der Waals surface area contributed by atoms with Gasteiger partial charge in [-0.1, -0.05) is 18.2 Å². The highest BCUT2D eigenvalue weighted by Crippen LogP contribution is 2.36. The Labute approximate surface area is 181 Å². The van der Waals surface area contributed by atoms with Gasteiger partial charge in [0.15, 0.2) is 34.4 Å². The van der Waals surface area contributed by atoms with Gasteiger partial charge in [-0.05, 0) is 36.4 Å². The lowest BCUT2D eigenvalue weighted by Crippen LogP contribution is -2.10. The average Bonchev–Trinajstić information content (AvgIpc) is 2.67. The van der Waals surface area contributed by atoms with E-state index in [0.717, 1.165) is 24.6 Å². The van der Waals surface area contributed by atoms with Crippen molar-refractivity contribution in [3.05, 3.63) is 78.4 Å². The third-order valence-corrected chi connectivity index (χ3v) is 8.73. The van der Waals surface area contributed by atoms with Crippen molar-refractivity contribution in [3.8, 4) is 0 Å². The smallest absolute Gasteiger partial charge is 0.224 e. The Balaban J connectivity index is 2.29. The second kappa shape index (κ2) is 8.33. The molecular weight excluding hydrogens is 469 g/mol. The molecule has 10 heteroatoms. The number of hydrogen-bond acceptors (Lipinski definition) is 4. The number of benzene rings is 3. The standard InChI is InChI=1S/C21H18F3O4S3/c1-30(25,26)19-10-4-8-17(13-19)29(16-7-3-6-15(12-16)21(22,23)24)18-9-5-11-20(14-18)31(2,27)28/h3-14H,1-2H3/q+1. The monoisotopic (exact) mass is 487 g/mol. The van der Waals surface area contributed by atoms with Crippen molar-refractivity contribution in [1.29, 1.82) is 0 Å². The van der Waals surface area contributed by atoms with Gasteiger partial charge >= 0.3 is 6.18 Å². The summed E-state index contributed by atoms with van der Waals surface area (Å²) in [6, 6.07) is 16.6. The molecule has 0 N–H and O–H groups in total. The van der Waals surface area contributed by atoms with Crippen LogP contribution in [0.15, 0.2) is 97.3 Å². The van der Waals surface area contributed by atoms with Crippen LogP contribution in [0.4, 0.5) is 13.2 Å². The van der Waals surface area contributed by atoms with Gasteiger partial charge < -0.3 is 0 Å². The molecule has 164 valence electrons. The van der Waals surface area contributed by atoms with Crippen molar-refractivity contribution in [3.63, 3.8) is 0 Å². The summed E-state index contributed by atoms with van der Waals surface area (Å²) in [7, 11) is -8.29. The molecule has 0 amide bonds. The van der Waals surface area contributed by atoms with E-state index < -0.39 is 42.3 Å². The molecule has 0 heterocycles. The van der Waals surface area contributed by atoms with Gasteiger partial charge in [0.2, 0.25) is 0 Å². The molecule has 0 fully saturated rings. The third kappa shape index (κ3) is 5.50. The van der Waals surface area contributed by atoms with E-state index in [-0.39, 0.29) is 14.7 Å². The topological polar surface area (TPSA) is 68.3 Å². The summed E-state index contributed by atoms with van der Waals surface area (Å²) >= 11 is 0. The van der Waals surface area contributed by atoms with E-state index in [1.54, 1.807) is 12.1 Å². The van der Waals surface area contributed by atoms with Gasteiger partial charge in [-0.25, -0.2) is 16.8 Å². The van der Waals surface area contributed by atoms with Gasteiger partial charge in [-0.15, -0.1) is 0 Å². The SMILES string of the molecule is CS(=O)(=O)c1cccc([S+](c2cccc(C(F)(F)F)c2)c2cccc(S(C)(=O)=O)c2)c1. The maximum atomic E-state index is 13.3. The molecule has 0 saturated carbocycles. The third-order valence-electron chi connectivity index (χ3n) is 4.34. The molecule has 0 aliphatic carbocycles. The normalized spacial score (nSPS) is 12.8. The molecule has 0 saturated heterocycles. The van der Waals surface area contributed by atoms with E-state index in [9.17, 15) is 30.0 Å². The van der Waals surface area contributed by atoms with E-state index in [4.69, 9.17) is 0 Å². The molecule has 0 spiro atoms. The zero-order chi connectivity index (χ0) is 23.0. The lowest BCUT2D eigenvalue weighted by Gasteiger charge is -2.12. The molecule has 0 radical (unpaired) electrons. The maximum Gasteiger partial charge on any atom is 0.416 e. The largest absolute Gasteiger partial charge is 0.416 e. The summed E-state index contributed by atoms with van der Waals surface area (Å²) < 4.78 is 88.1. The molecule has 3 aromatic carbocycles. The zero-order valence-electron chi connectivity index (χ0n) is 16.4. The van der Waals surface area contributed by atoms with Gasteiger partial charge in [0.1, 0.15) is 0 Å². The minimum Gasteiger partial charge on any atom is -0.224 e. The minimum atomic E-state index is -4.56. The van der Waals surface area contributed by atoms with Crippen LogP contribution in [0, 0.1) is 0 Å². The molecule has 0 aliphatic rings. The van der Waals surface area contributed by atoms with Gasteiger partial charge in [0.25, 0.3) is 0 Å². The number of halogens is 3. The van der Waals surface area contributed by atoms with Crippen molar-refractivity contribution in [1.82, 2.24) is 0 Å². The Kier molecular flexibility index (Phi) is 6.28. The van der Waals surface area contributed by atoms with E-state index in [2.05, 4.69) is 0 Å². The minimum absolute atomic E-state index is 0.0220. The first-order valence-electron chi connectivity index (χ1n) is 8.78. The molecule has 0 aliphatic heterocycles. The predicted octanol–water partition coefficient (Wildman–Crippen LogP) is 4.61. The first-order chi connectivity index (χ1) is 14.3. The average molecular weight is 488 g/mol. The van der Waals surface area contributed by atoms with Crippen molar-refractivity contribution in [2.45, 2.75) is 30.7 Å². The van der Waals surface area contributed by atoms with Crippen molar-refractivity contribution in [2.24, 2.45) is 0 Å². The summed E-state index contributed by atoms with van der Waals surface area (Å²) in [6.07, 6.45) is -2.48. The summed E-state index contributed by atoms with van der Waals surface area (Å²) in [5, 5.41) is 0. The fourth-order valence-electron chi connectivity index (χ4n) is 2.87. The second-order valence-corrected chi connectivity index (χ2v) is 12.9. The Bertz CT molecular complexity index is 1260. The zero-order valence-corrected chi connectivity index (χ0v) is 18.9. The van der Waals surface area contributed by atoms with Crippen LogP contribution in [-0.2, 0) is 36.7 Å². The van der Waals surface area contributed by atoms with Crippen LogP contribution in [0.2, 0.25) is 0 Å². The molecule has 0 aromatic heterocycles. The highest BCUT2D eigenvalue weighted by atomic mass is 32.2. The van der Waals surface area contributed by atoms with Crippen molar-refractivity contribution in [2.75, 3.05) is 12.5 Å². The van der Waals surface area contributed by atoms with Crippen LogP contribution in [0.25, 0.3) is 0 Å². The fraction of sp³-hybridized carbons (Fsp3) is 0.143.